The largest absolute Gasteiger partial charge is 0.373 e. The predicted octanol–water partition coefficient (Wildman–Crippen LogP) is 3.53. The van der Waals surface area contributed by atoms with Gasteiger partial charge in [-0.3, -0.25) is 0 Å². The van der Waals surface area contributed by atoms with Crippen molar-refractivity contribution in [2.75, 3.05) is 27.3 Å². The van der Waals surface area contributed by atoms with Crippen LogP contribution in [0.4, 0.5) is 0 Å². The molecule has 0 aromatic heterocycles. The van der Waals surface area contributed by atoms with Gasteiger partial charge < -0.3 is 18.9 Å². The highest BCUT2D eigenvalue weighted by Crippen LogP contribution is 2.31. The number of nitrogens with zero attached hydrogens (tertiary/aromatic N) is 1. The molecule has 0 saturated carbocycles. The Labute approximate surface area is 170 Å². The van der Waals surface area contributed by atoms with E-state index >= 15 is 0 Å². The van der Waals surface area contributed by atoms with Gasteiger partial charge in [0.2, 0.25) is 0 Å². The first-order valence-electron chi connectivity index (χ1n) is 10.0. The Hall–Kier alpha value is -1.02. The lowest BCUT2D eigenvalue weighted by atomic mass is 10.1. The first-order chi connectivity index (χ1) is 12.9. The number of benzene rings is 1. The topological polar surface area (TPSA) is 52.2 Å². The molecule has 28 heavy (non-hydrogen) atoms. The van der Waals surface area contributed by atoms with E-state index in [1.165, 1.54) is 0 Å². The van der Waals surface area contributed by atoms with E-state index in [9.17, 15) is 0 Å². The van der Waals surface area contributed by atoms with E-state index in [2.05, 4.69) is 17.6 Å². The molecule has 0 amide bonds. The van der Waals surface area contributed by atoms with Crippen molar-refractivity contribution in [3.8, 4) is 0 Å². The zero-order valence-corrected chi connectivity index (χ0v) is 18.7. The molecule has 1 aliphatic rings. The van der Waals surface area contributed by atoms with Gasteiger partial charge in [0.15, 0.2) is 6.29 Å². The van der Waals surface area contributed by atoms with Crippen molar-refractivity contribution in [1.29, 1.82) is 0 Å². The van der Waals surface area contributed by atoms with Gasteiger partial charge in [-0.25, -0.2) is 10.4 Å². The molecule has 1 aromatic carbocycles. The first-order valence-corrected chi connectivity index (χ1v) is 10.0. The minimum absolute atomic E-state index is 0.132. The molecule has 1 N–H and O–H groups in total. The van der Waals surface area contributed by atoms with E-state index < -0.39 is 6.29 Å². The molecule has 0 aliphatic carbocycles. The van der Waals surface area contributed by atoms with Gasteiger partial charge in [0.1, 0.15) is 12.2 Å². The summed E-state index contributed by atoms with van der Waals surface area (Å²) in [5.41, 5.74) is 4.05. The van der Waals surface area contributed by atoms with E-state index in [1.807, 2.05) is 78.8 Å². The molecule has 1 heterocycles. The summed E-state index contributed by atoms with van der Waals surface area (Å²) in [6.45, 7) is 13.2. The number of ether oxygens (including phenoxy) is 4. The average Bonchev–Trinajstić information content (AvgIpc) is 2.98. The van der Waals surface area contributed by atoms with Crippen LogP contribution in [0.1, 0.15) is 53.1 Å². The van der Waals surface area contributed by atoms with Crippen LogP contribution in [0, 0.1) is 0 Å². The maximum absolute atomic E-state index is 6.34. The van der Waals surface area contributed by atoms with E-state index in [-0.39, 0.29) is 29.5 Å². The number of nitrogens with one attached hydrogen (secondary N) is 1. The highest BCUT2D eigenvalue weighted by atomic mass is 16.7. The van der Waals surface area contributed by atoms with Crippen LogP contribution in [0.15, 0.2) is 30.3 Å². The third kappa shape index (κ3) is 7.78. The monoisotopic (exact) mass is 394 g/mol. The van der Waals surface area contributed by atoms with Gasteiger partial charge in [-0.15, -0.1) is 0 Å². The second-order valence-corrected chi connectivity index (χ2v) is 9.48. The van der Waals surface area contributed by atoms with Crippen LogP contribution in [-0.4, -0.2) is 62.0 Å². The average molecular weight is 395 g/mol. The van der Waals surface area contributed by atoms with Crippen molar-refractivity contribution in [3.05, 3.63) is 35.9 Å². The van der Waals surface area contributed by atoms with Crippen molar-refractivity contribution < 1.29 is 18.9 Å². The third-order valence-electron chi connectivity index (χ3n) is 4.22. The lowest BCUT2D eigenvalue weighted by Crippen LogP contribution is -2.41. The fourth-order valence-corrected chi connectivity index (χ4v) is 2.90. The van der Waals surface area contributed by atoms with Crippen LogP contribution < -0.4 is 5.43 Å². The van der Waals surface area contributed by atoms with E-state index in [4.69, 9.17) is 18.9 Å². The summed E-state index contributed by atoms with van der Waals surface area (Å²) in [6.07, 6.45) is -0.824. The summed E-state index contributed by atoms with van der Waals surface area (Å²) in [5.74, 6) is 0. The summed E-state index contributed by atoms with van der Waals surface area (Å²) < 4.78 is 24.7. The van der Waals surface area contributed by atoms with Crippen LogP contribution in [0.3, 0.4) is 0 Å². The van der Waals surface area contributed by atoms with Crippen molar-refractivity contribution in [2.24, 2.45) is 0 Å². The van der Waals surface area contributed by atoms with Crippen LogP contribution in [-0.2, 0) is 18.9 Å². The van der Waals surface area contributed by atoms with Crippen molar-refractivity contribution in [1.82, 2.24) is 10.4 Å². The number of hydrogen-bond acceptors (Lipinski definition) is 6. The third-order valence-corrected chi connectivity index (χ3v) is 4.22. The van der Waals surface area contributed by atoms with Gasteiger partial charge in [-0.2, -0.15) is 0 Å². The van der Waals surface area contributed by atoms with Crippen LogP contribution >= 0.6 is 0 Å². The molecular weight excluding hydrogens is 356 g/mol. The smallest absolute Gasteiger partial charge is 0.179 e. The normalized spacial score (nSPS) is 22.8. The zero-order valence-electron chi connectivity index (χ0n) is 18.7. The van der Waals surface area contributed by atoms with Crippen molar-refractivity contribution in [3.63, 3.8) is 0 Å². The zero-order chi connectivity index (χ0) is 20.9. The maximum atomic E-state index is 6.34. The lowest BCUT2D eigenvalue weighted by Gasteiger charge is -2.28. The molecule has 3 atom stereocenters. The molecule has 160 valence electrons. The molecule has 1 fully saturated rings. The van der Waals surface area contributed by atoms with E-state index in [0.717, 1.165) is 5.56 Å². The number of hydrazine groups is 1. The molecule has 0 spiro atoms. The van der Waals surface area contributed by atoms with Crippen LogP contribution in [0.5, 0.6) is 0 Å². The fourth-order valence-electron chi connectivity index (χ4n) is 2.90. The quantitative estimate of drug-likeness (QED) is 0.681. The van der Waals surface area contributed by atoms with Crippen LogP contribution in [0.2, 0.25) is 0 Å². The van der Waals surface area contributed by atoms with Gasteiger partial charge in [0.25, 0.3) is 0 Å². The van der Waals surface area contributed by atoms with E-state index in [1.54, 1.807) is 0 Å². The molecule has 1 aromatic rings. The fraction of sp³-hybridized carbons (Fsp3) is 0.727. The second-order valence-electron chi connectivity index (χ2n) is 9.48. The van der Waals surface area contributed by atoms with Crippen LogP contribution in [0.25, 0.3) is 0 Å². The molecule has 6 heteroatoms. The maximum Gasteiger partial charge on any atom is 0.179 e. The first kappa shape index (κ1) is 23.3. The minimum atomic E-state index is -0.438. The molecule has 6 nitrogen and oxygen atoms in total. The van der Waals surface area contributed by atoms with Gasteiger partial charge in [0.05, 0.1) is 30.5 Å². The summed E-state index contributed by atoms with van der Waals surface area (Å²) >= 11 is 0. The second kappa shape index (κ2) is 9.65. The molecule has 0 unspecified atom stereocenters. The summed E-state index contributed by atoms with van der Waals surface area (Å²) in [7, 11) is 3.93. The van der Waals surface area contributed by atoms with Gasteiger partial charge in [-0.1, -0.05) is 30.3 Å². The SMILES string of the molecule is CN(C)N[C@@H](c1ccccc1)C1O[C@@H](COC(C)(C)C)[C@H](COC(C)(C)C)O1. The highest BCUT2D eigenvalue weighted by Gasteiger charge is 2.42. The van der Waals surface area contributed by atoms with Gasteiger partial charge in [0, 0.05) is 14.1 Å². The molecule has 2 rings (SSSR count). The Bertz CT molecular complexity index is 554. The Morgan fingerprint density at radius 3 is 1.75 bits per heavy atom. The molecule has 1 aliphatic heterocycles. The molecule has 0 radical (unpaired) electrons. The van der Waals surface area contributed by atoms with Crippen molar-refractivity contribution >= 4 is 0 Å². The minimum Gasteiger partial charge on any atom is -0.373 e. The number of rotatable bonds is 8. The van der Waals surface area contributed by atoms with Gasteiger partial charge in [-0.05, 0) is 47.1 Å². The Morgan fingerprint density at radius 1 is 0.893 bits per heavy atom. The predicted molar refractivity (Wildman–Crippen MR) is 111 cm³/mol. The van der Waals surface area contributed by atoms with Crippen molar-refractivity contribution in [2.45, 2.75) is 77.3 Å². The highest BCUT2D eigenvalue weighted by molar-refractivity contribution is 5.19. The Morgan fingerprint density at radius 2 is 1.36 bits per heavy atom. The summed E-state index contributed by atoms with van der Waals surface area (Å²) in [4.78, 5) is 0. The molecule has 0 bridgehead atoms. The summed E-state index contributed by atoms with van der Waals surface area (Å²) in [6, 6.07) is 10.1. The summed E-state index contributed by atoms with van der Waals surface area (Å²) in [5, 5.41) is 1.92. The van der Waals surface area contributed by atoms with Gasteiger partial charge >= 0.3 is 0 Å². The Balaban J connectivity index is 2.15. The lowest BCUT2D eigenvalue weighted by molar-refractivity contribution is -0.120. The molecular formula is C22H38N2O4. The molecule has 1 saturated heterocycles. The Kier molecular flexibility index (Phi) is 8.02. The van der Waals surface area contributed by atoms with E-state index in [0.29, 0.717) is 13.2 Å². The standard InChI is InChI=1S/C22H38N2O4/c1-21(2,3)25-14-17-18(15-26-22(4,5)6)28-20(27-17)19(23-24(7)8)16-12-10-9-11-13-16/h9-13,17-20,23H,14-15H2,1-8H3/t17-,18-,19-/m0/s1. The number of hydrogen-bond donors (Lipinski definition) is 1.